The van der Waals surface area contributed by atoms with Gasteiger partial charge in [-0.05, 0) is 27.2 Å². The first kappa shape index (κ1) is 18.3. The third-order valence-electron chi connectivity index (χ3n) is 2.85. The van der Waals surface area contributed by atoms with Crippen molar-refractivity contribution in [1.29, 1.82) is 0 Å². The summed E-state index contributed by atoms with van der Waals surface area (Å²) < 4.78 is 1.74. The van der Waals surface area contributed by atoms with Crippen molar-refractivity contribution in [3.63, 3.8) is 0 Å². The molecule has 0 bridgehead atoms. The van der Waals surface area contributed by atoms with Crippen molar-refractivity contribution in [2.75, 3.05) is 19.8 Å². The van der Waals surface area contributed by atoms with Gasteiger partial charge in [0.2, 0.25) is 5.91 Å². The zero-order chi connectivity index (χ0) is 13.8. The molecule has 1 atom stereocenters. The van der Waals surface area contributed by atoms with Crippen LogP contribution < -0.4 is 10.6 Å². The molecule has 2 N–H and O–H groups in total. The van der Waals surface area contributed by atoms with Gasteiger partial charge in [-0.25, -0.2) is 0 Å². The number of carbonyl (C=O) groups is 1. The number of nitrogens with zero attached hydrogens (tertiary/aromatic N) is 2. The van der Waals surface area contributed by atoms with E-state index in [-0.39, 0.29) is 29.1 Å². The fourth-order valence-corrected chi connectivity index (χ4v) is 1.73. The number of carbonyl (C=O) groups excluding carboxylic acids is 1. The van der Waals surface area contributed by atoms with E-state index in [0.717, 1.165) is 5.56 Å². The molecule has 0 aliphatic heterocycles. The van der Waals surface area contributed by atoms with Gasteiger partial charge in [-0.15, -0.1) is 12.4 Å². The lowest BCUT2D eigenvalue weighted by Gasteiger charge is -2.24. The van der Waals surface area contributed by atoms with Crippen LogP contribution in [-0.2, 0) is 11.8 Å². The number of nitrogens with one attached hydrogen (secondary N) is 2. The van der Waals surface area contributed by atoms with Crippen LogP contribution in [0.1, 0.15) is 25.5 Å². The van der Waals surface area contributed by atoms with Crippen molar-refractivity contribution >= 4 is 30.1 Å². The van der Waals surface area contributed by atoms with Crippen LogP contribution in [0.2, 0.25) is 0 Å². The first-order valence-corrected chi connectivity index (χ1v) is 7.11. The van der Waals surface area contributed by atoms with Crippen molar-refractivity contribution < 1.29 is 4.79 Å². The van der Waals surface area contributed by atoms with Crippen LogP contribution in [-0.4, -0.2) is 40.3 Å². The van der Waals surface area contributed by atoms with E-state index in [1.165, 1.54) is 0 Å². The first-order valence-electron chi connectivity index (χ1n) is 5.88. The van der Waals surface area contributed by atoms with E-state index >= 15 is 0 Å². The summed E-state index contributed by atoms with van der Waals surface area (Å²) in [5, 5.41) is 10.1. The van der Waals surface area contributed by atoms with E-state index in [4.69, 9.17) is 0 Å². The molecule has 0 saturated heterocycles. The minimum atomic E-state index is -0.351. The molecule has 1 amide bonds. The molecule has 1 heterocycles. The third-order valence-corrected chi connectivity index (χ3v) is 4.10. The van der Waals surface area contributed by atoms with E-state index in [9.17, 15) is 4.79 Å². The molecule has 1 aromatic rings. The molecule has 110 valence electrons. The molecule has 5 nitrogen and oxygen atoms in total. The average Bonchev–Trinajstić information content (AvgIpc) is 2.74. The summed E-state index contributed by atoms with van der Waals surface area (Å²) in [4.78, 5) is 12.1. The Balaban J connectivity index is 0.00000324. The molecular weight excluding hydrogens is 284 g/mol. The summed E-state index contributed by atoms with van der Waals surface area (Å²) >= 11 is 1.74. The number of hydrogen-bond acceptors (Lipinski definition) is 4. The molecule has 0 saturated carbocycles. The SMILES string of the molecule is CNC(C(=O)NCC(C)(C)SC)c1cnn(C)c1.Cl. The third kappa shape index (κ3) is 5.42. The van der Waals surface area contributed by atoms with E-state index in [1.54, 1.807) is 29.7 Å². The summed E-state index contributed by atoms with van der Waals surface area (Å²) in [5.41, 5.74) is 0.874. The Kier molecular flexibility index (Phi) is 7.47. The molecule has 7 heteroatoms. The van der Waals surface area contributed by atoms with E-state index in [2.05, 4.69) is 29.6 Å². The van der Waals surface area contributed by atoms with Crippen molar-refractivity contribution in [1.82, 2.24) is 20.4 Å². The highest BCUT2D eigenvalue weighted by molar-refractivity contribution is 7.99. The maximum atomic E-state index is 12.1. The van der Waals surface area contributed by atoms with Crippen molar-refractivity contribution in [2.45, 2.75) is 24.6 Å². The van der Waals surface area contributed by atoms with Crippen LogP contribution in [0, 0.1) is 0 Å². The fraction of sp³-hybridized carbons (Fsp3) is 0.667. The number of rotatable bonds is 6. The number of aromatic nitrogens is 2. The Morgan fingerprint density at radius 2 is 2.21 bits per heavy atom. The summed E-state index contributed by atoms with van der Waals surface area (Å²) in [6.07, 6.45) is 5.60. The van der Waals surface area contributed by atoms with Crippen molar-refractivity contribution in [2.24, 2.45) is 7.05 Å². The Morgan fingerprint density at radius 3 is 2.63 bits per heavy atom. The van der Waals surface area contributed by atoms with Gasteiger partial charge in [-0.2, -0.15) is 16.9 Å². The average molecular weight is 307 g/mol. The number of thioether (sulfide) groups is 1. The predicted octanol–water partition coefficient (Wildman–Crippen LogP) is 1.36. The molecule has 19 heavy (non-hydrogen) atoms. The van der Waals surface area contributed by atoms with Gasteiger partial charge in [0.15, 0.2) is 0 Å². The molecule has 0 spiro atoms. The van der Waals surface area contributed by atoms with Gasteiger partial charge in [0.05, 0.1) is 6.20 Å². The Hall–Kier alpha value is -0.720. The summed E-state index contributed by atoms with van der Waals surface area (Å²) in [6, 6.07) is -0.351. The van der Waals surface area contributed by atoms with Gasteiger partial charge in [0, 0.05) is 30.1 Å². The molecular formula is C12H23ClN4OS. The lowest BCUT2D eigenvalue weighted by molar-refractivity contribution is -0.123. The second-order valence-electron chi connectivity index (χ2n) is 4.85. The van der Waals surface area contributed by atoms with Gasteiger partial charge >= 0.3 is 0 Å². The van der Waals surface area contributed by atoms with Gasteiger partial charge in [0.25, 0.3) is 0 Å². The van der Waals surface area contributed by atoms with E-state index in [0.29, 0.717) is 6.54 Å². The van der Waals surface area contributed by atoms with Crippen LogP contribution >= 0.6 is 24.2 Å². The zero-order valence-corrected chi connectivity index (χ0v) is 13.7. The van der Waals surface area contributed by atoms with Gasteiger partial charge in [-0.3, -0.25) is 9.48 Å². The van der Waals surface area contributed by atoms with Crippen molar-refractivity contribution in [3.8, 4) is 0 Å². The molecule has 0 aromatic carbocycles. The van der Waals surface area contributed by atoms with Crippen LogP contribution in [0.25, 0.3) is 0 Å². The summed E-state index contributed by atoms with van der Waals surface area (Å²) in [5.74, 6) is -0.0207. The standard InChI is InChI=1S/C12H22N4OS.ClH/c1-12(2,18-5)8-14-11(17)10(13-3)9-6-15-16(4)7-9;/h6-7,10,13H,8H2,1-5H3,(H,14,17);1H. The van der Waals surface area contributed by atoms with Crippen LogP contribution in [0.15, 0.2) is 12.4 Å². The minimum Gasteiger partial charge on any atom is -0.353 e. The number of halogens is 1. The maximum absolute atomic E-state index is 12.1. The fourth-order valence-electron chi connectivity index (χ4n) is 1.51. The molecule has 1 aromatic heterocycles. The monoisotopic (exact) mass is 306 g/mol. The number of aryl methyl sites for hydroxylation is 1. The van der Waals surface area contributed by atoms with E-state index in [1.807, 2.05) is 19.5 Å². The molecule has 1 unspecified atom stereocenters. The second-order valence-corrected chi connectivity index (χ2v) is 6.36. The van der Waals surface area contributed by atoms with E-state index < -0.39 is 0 Å². The summed E-state index contributed by atoms with van der Waals surface area (Å²) in [7, 11) is 3.61. The zero-order valence-electron chi connectivity index (χ0n) is 12.1. The molecule has 0 fully saturated rings. The quantitative estimate of drug-likeness (QED) is 0.833. The molecule has 0 radical (unpaired) electrons. The highest BCUT2D eigenvalue weighted by Gasteiger charge is 2.23. The lowest BCUT2D eigenvalue weighted by atomic mass is 10.1. The highest BCUT2D eigenvalue weighted by atomic mass is 35.5. The summed E-state index contributed by atoms with van der Waals surface area (Å²) in [6.45, 7) is 4.86. The van der Waals surface area contributed by atoms with Crippen LogP contribution in [0.3, 0.4) is 0 Å². The van der Waals surface area contributed by atoms with Gasteiger partial charge in [0.1, 0.15) is 6.04 Å². The lowest BCUT2D eigenvalue weighted by Crippen LogP contribution is -2.41. The maximum Gasteiger partial charge on any atom is 0.241 e. The van der Waals surface area contributed by atoms with Crippen LogP contribution in [0.4, 0.5) is 0 Å². The highest BCUT2D eigenvalue weighted by Crippen LogP contribution is 2.20. The molecule has 0 aliphatic carbocycles. The topological polar surface area (TPSA) is 59.0 Å². The Labute approximate surface area is 125 Å². The smallest absolute Gasteiger partial charge is 0.241 e. The second kappa shape index (κ2) is 7.77. The number of hydrogen-bond donors (Lipinski definition) is 2. The van der Waals surface area contributed by atoms with Crippen molar-refractivity contribution in [3.05, 3.63) is 18.0 Å². The molecule has 1 rings (SSSR count). The molecule has 0 aliphatic rings. The Morgan fingerprint density at radius 1 is 1.58 bits per heavy atom. The largest absolute Gasteiger partial charge is 0.353 e. The predicted molar refractivity (Wildman–Crippen MR) is 82.9 cm³/mol. The van der Waals surface area contributed by atoms with Gasteiger partial charge < -0.3 is 10.6 Å². The Bertz CT molecular complexity index is 408. The first-order chi connectivity index (χ1) is 8.39. The van der Waals surface area contributed by atoms with Gasteiger partial charge in [-0.1, -0.05) is 0 Å². The number of amides is 1. The number of likely N-dealkylation sites (N-methyl/N-ethyl adjacent to an activating group) is 1. The van der Waals surface area contributed by atoms with Crippen LogP contribution in [0.5, 0.6) is 0 Å². The minimum absolute atomic E-state index is 0. The normalized spacial score (nSPS) is 12.7.